The lowest BCUT2D eigenvalue weighted by Gasteiger charge is -2.06. The molecule has 0 saturated carbocycles. The van der Waals surface area contributed by atoms with Crippen molar-refractivity contribution in [2.24, 2.45) is 0 Å². The highest BCUT2D eigenvalue weighted by Crippen LogP contribution is 2.19. The fraction of sp³-hybridized carbons (Fsp3) is 0. The zero-order valence-electron chi connectivity index (χ0n) is 8.95. The maximum absolute atomic E-state index is 12.0. The van der Waals surface area contributed by atoms with Gasteiger partial charge in [-0.05, 0) is 52.9 Å². The van der Waals surface area contributed by atoms with E-state index < -0.39 is 0 Å². The molecule has 0 fully saturated rings. The molecule has 92 valence electrons. The SMILES string of the molecule is O=C(Nc1cccc(I)c1)c1ccc(Cl)nc1Cl. The molecule has 1 heterocycles. The number of nitrogens with one attached hydrogen (secondary N) is 1. The lowest BCUT2D eigenvalue weighted by molar-refractivity contribution is 0.102. The molecule has 0 aliphatic carbocycles. The topological polar surface area (TPSA) is 42.0 Å². The summed E-state index contributed by atoms with van der Waals surface area (Å²) in [7, 11) is 0. The molecule has 6 heteroatoms. The van der Waals surface area contributed by atoms with E-state index in [1.54, 1.807) is 12.1 Å². The number of halogens is 3. The van der Waals surface area contributed by atoms with Crippen molar-refractivity contribution in [1.82, 2.24) is 4.98 Å². The Morgan fingerprint density at radius 3 is 2.67 bits per heavy atom. The third-order valence-corrected chi connectivity index (χ3v) is 3.31. The van der Waals surface area contributed by atoms with Gasteiger partial charge in [-0.3, -0.25) is 4.79 Å². The molecule has 1 aromatic carbocycles. The highest BCUT2D eigenvalue weighted by atomic mass is 127. The second-order valence-corrected chi connectivity index (χ2v) is 5.43. The van der Waals surface area contributed by atoms with Crippen molar-refractivity contribution in [3.05, 3.63) is 55.8 Å². The molecule has 1 amide bonds. The van der Waals surface area contributed by atoms with Crippen LogP contribution in [0.4, 0.5) is 5.69 Å². The minimum Gasteiger partial charge on any atom is -0.322 e. The van der Waals surface area contributed by atoms with Gasteiger partial charge >= 0.3 is 0 Å². The quantitative estimate of drug-likeness (QED) is 0.613. The van der Waals surface area contributed by atoms with Crippen molar-refractivity contribution < 1.29 is 4.79 Å². The van der Waals surface area contributed by atoms with Crippen molar-refractivity contribution in [1.29, 1.82) is 0 Å². The predicted octanol–water partition coefficient (Wildman–Crippen LogP) is 4.25. The van der Waals surface area contributed by atoms with E-state index in [1.165, 1.54) is 6.07 Å². The molecule has 2 aromatic rings. The van der Waals surface area contributed by atoms with E-state index in [0.29, 0.717) is 11.3 Å². The largest absolute Gasteiger partial charge is 0.322 e. The molecule has 0 unspecified atom stereocenters. The van der Waals surface area contributed by atoms with Crippen LogP contribution >= 0.6 is 45.8 Å². The minimum atomic E-state index is -0.314. The molecule has 1 aromatic heterocycles. The molecule has 0 aliphatic rings. The van der Waals surface area contributed by atoms with E-state index in [0.717, 1.165) is 3.57 Å². The Bertz CT molecular complexity index is 604. The van der Waals surface area contributed by atoms with Crippen LogP contribution in [-0.4, -0.2) is 10.9 Å². The van der Waals surface area contributed by atoms with E-state index in [1.807, 2.05) is 18.2 Å². The molecule has 0 atom stereocenters. The summed E-state index contributed by atoms with van der Waals surface area (Å²) in [4.78, 5) is 15.8. The number of hydrogen-bond acceptors (Lipinski definition) is 2. The Morgan fingerprint density at radius 1 is 1.22 bits per heavy atom. The Morgan fingerprint density at radius 2 is 2.00 bits per heavy atom. The van der Waals surface area contributed by atoms with Crippen LogP contribution in [0.1, 0.15) is 10.4 Å². The van der Waals surface area contributed by atoms with Crippen LogP contribution in [0, 0.1) is 3.57 Å². The minimum absolute atomic E-state index is 0.0885. The van der Waals surface area contributed by atoms with Gasteiger partial charge in [-0.1, -0.05) is 29.3 Å². The smallest absolute Gasteiger partial charge is 0.258 e. The number of benzene rings is 1. The van der Waals surface area contributed by atoms with E-state index in [4.69, 9.17) is 23.2 Å². The molecular weight excluding hydrogens is 386 g/mol. The van der Waals surface area contributed by atoms with Gasteiger partial charge in [0.1, 0.15) is 10.3 Å². The summed E-state index contributed by atoms with van der Waals surface area (Å²) in [6.45, 7) is 0. The van der Waals surface area contributed by atoms with Crippen molar-refractivity contribution in [2.45, 2.75) is 0 Å². The Hall–Kier alpha value is -0.850. The second-order valence-electron chi connectivity index (χ2n) is 3.44. The molecule has 0 aliphatic heterocycles. The van der Waals surface area contributed by atoms with Gasteiger partial charge in [-0.2, -0.15) is 0 Å². The molecule has 0 saturated heterocycles. The van der Waals surface area contributed by atoms with Crippen LogP contribution in [0.25, 0.3) is 0 Å². The van der Waals surface area contributed by atoms with Crippen LogP contribution in [0.3, 0.4) is 0 Å². The van der Waals surface area contributed by atoms with Gasteiger partial charge in [0.2, 0.25) is 0 Å². The van der Waals surface area contributed by atoms with Gasteiger partial charge in [0.15, 0.2) is 0 Å². The van der Waals surface area contributed by atoms with Crippen molar-refractivity contribution in [2.75, 3.05) is 5.32 Å². The molecular formula is C12H7Cl2IN2O. The van der Waals surface area contributed by atoms with Gasteiger partial charge in [0, 0.05) is 9.26 Å². The van der Waals surface area contributed by atoms with E-state index >= 15 is 0 Å². The number of aromatic nitrogens is 1. The lowest BCUT2D eigenvalue weighted by Crippen LogP contribution is -2.13. The van der Waals surface area contributed by atoms with Crippen molar-refractivity contribution in [3.63, 3.8) is 0 Å². The second kappa shape index (κ2) is 5.86. The Balaban J connectivity index is 2.22. The predicted molar refractivity (Wildman–Crippen MR) is 81.4 cm³/mol. The summed E-state index contributed by atoms with van der Waals surface area (Å²) in [5, 5.41) is 3.09. The standard InChI is InChI=1S/C12H7Cl2IN2O/c13-10-5-4-9(11(14)17-10)12(18)16-8-3-1-2-7(15)6-8/h1-6H,(H,16,18). The summed E-state index contributed by atoms with van der Waals surface area (Å²) in [5.41, 5.74) is 0.998. The first-order valence-electron chi connectivity index (χ1n) is 4.95. The fourth-order valence-electron chi connectivity index (χ4n) is 1.35. The first kappa shape index (κ1) is 13.6. The van der Waals surface area contributed by atoms with Gasteiger partial charge < -0.3 is 5.32 Å². The van der Waals surface area contributed by atoms with Gasteiger partial charge in [0.25, 0.3) is 5.91 Å². The van der Waals surface area contributed by atoms with Gasteiger partial charge in [-0.25, -0.2) is 4.98 Å². The Kier molecular flexibility index (Phi) is 4.42. The molecule has 2 rings (SSSR count). The molecule has 0 spiro atoms. The average molecular weight is 393 g/mol. The zero-order chi connectivity index (χ0) is 13.1. The molecule has 1 N–H and O–H groups in total. The normalized spacial score (nSPS) is 10.2. The third-order valence-electron chi connectivity index (χ3n) is 2.14. The average Bonchev–Trinajstić information content (AvgIpc) is 2.28. The summed E-state index contributed by atoms with van der Waals surface area (Å²) < 4.78 is 1.03. The Labute approximate surface area is 128 Å². The maximum atomic E-state index is 12.0. The summed E-state index contributed by atoms with van der Waals surface area (Å²) in [5.74, 6) is -0.314. The fourth-order valence-corrected chi connectivity index (χ4v) is 2.32. The van der Waals surface area contributed by atoms with E-state index in [-0.39, 0.29) is 16.2 Å². The zero-order valence-corrected chi connectivity index (χ0v) is 12.6. The van der Waals surface area contributed by atoms with E-state index in [2.05, 4.69) is 32.9 Å². The number of carbonyl (C=O) groups excluding carboxylic acids is 1. The number of nitrogens with zero attached hydrogens (tertiary/aromatic N) is 1. The van der Waals surface area contributed by atoms with Gasteiger partial charge in [-0.15, -0.1) is 0 Å². The lowest BCUT2D eigenvalue weighted by atomic mass is 10.2. The van der Waals surface area contributed by atoms with Crippen LogP contribution in [-0.2, 0) is 0 Å². The number of carbonyl (C=O) groups is 1. The van der Waals surface area contributed by atoms with Crippen LogP contribution in [0.2, 0.25) is 10.3 Å². The highest BCUT2D eigenvalue weighted by Gasteiger charge is 2.12. The summed E-state index contributed by atoms with van der Waals surface area (Å²) >= 11 is 13.7. The maximum Gasteiger partial charge on any atom is 0.258 e. The summed E-state index contributed by atoms with van der Waals surface area (Å²) in [6, 6.07) is 10.5. The number of anilines is 1. The van der Waals surface area contributed by atoms with Crippen LogP contribution < -0.4 is 5.32 Å². The van der Waals surface area contributed by atoms with E-state index in [9.17, 15) is 4.79 Å². The highest BCUT2D eigenvalue weighted by molar-refractivity contribution is 14.1. The monoisotopic (exact) mass is 392 g/mol. The number of amides is 1. The summed E-state index contributed by atoms with van der Waals surface area (Å²) in [6.07, 6.45) is 0. The van der Waals surface area contributed by atoms with Gasteiger partial charge in [0.05, 0.1) is 5.56 Å². The van der Waals surface area contributed by atoms with Crippen molar-refractivity contribution >= 4 is 57.4 Å². The molecule has 0 bridgehead atoms. The first-order chi connectivity index (χ1) is 8.56. The molecule has 18 heavy (non-hydrogen) atoms. The molecule has 3 nitrogen and oxygen atoms in total. The molecule has 0 radical (unpaired) electrons. The number of pyridine rings is 1. The number of hydrogen-bond donors (Lipinski definition) is 1. The van der Waals surface area contributed by atoms with Crippen LogP contribution in [0.5, 0.6) is 0 Å². The van der Waals surface area contributed by atoms with Crippen molar-refractivity contribution in [3.8, 4) is 0 Å². The number of rotatable bonds is 2. The first-order valence-corrected chi connectivity index (χ1v) is 6.79. The van der Waals surface area contributed by atoms with Crippen LogP contribution in [0.15, 0.2) is 36.4 Å². The third kappa shape index (κ3) is 3.34.